The van der Waals surface area contributed by atoms with Crippen molar-refractivity contribution in [1.29, 1.82) is 0 Å². The molecule has 3 aromatic carbocycles. The molecule has 0 aliphatic rings. The number of hydrogen-bond acceptors (Lipinski definition) is 5. The van der Waals surface area contributed by atoms with Gasteiger partial charge >= 0.3 is 8.80 Å². The van der Waals surface area contributed by atoms with Crippen LogP contribution in [0.4, 0.5) is 0 Å². The molecule has 0 N–H and O–H groups in total. The van der Waals surface area contributed by atoms with Crippen molar-refractivity contribution >= 4 is 14.0 Å². The molecule has 27 heavy (non-hydrogen) atoms. The van der Waals surface area contributed by atoms with Crippen LogP contribution in [0.1, 0.15) is 0 Å². The van der Waals surface area contributed by atoms with Gasteiger partial charge in [-0.1, -0.05) is 30.3 Å². The Morgan fingerprint density at radius 3 is 1.26 bits per heavy atom. The second-order valence-corrected chi connectivity index (χ2v) is 8.60. The van der Waals surface area contributed by atoms with Crippen molar-refractivity contribution in [3.05, 3.63) is 78.9 Å². The molecule has 0 saturated carbocycles. The van der Waals surface area contributed by atoms with Gasteiger partial charge in [0.25, 0.3) is 0 Å². The molecule has 0 aliphatic carbocycles. The first-order chi connectivity index (χ1) is 13.2. The maximum atomic E-state index is 5.89. The second-order valence-electron chi connectivity index (χ2n) is 5.68. The van der Waals surface area contributed by atoms with Crippen molar-refractivity contribution < 1.29 is 22.8 Å². The highest BCUT2D eigenvalue weighted by molar-refractivity contribution is 6.75. The predicted molar refractivity (Wildman–Crippen MR) is 106 cm³/mol. The zero-order valence-corrected chi connectivity index (χ0v) is 16.5. The molecule has 0 atom stereocenters. The van der Waals surface area contributed by atoms with E-state index in [9.17, 15) is 0 Å². The molecule has 0 aliphatic heterocycles. The summed E-state index contributed by atoms with van der Waals surface area (Å²) in [5, 5.41) is 0.869. The van der Waals surface area contributed by atoms with Gasteiger partial charge in [-0.25, -0.2) is 0 Å². The Hall–Kier alpha value is -2.64. The number of rotatable bonds is 8. The van der Waals surface area contributed by atoms with Crippen LogP contribution in [0.25, 0.3) is 0 Å². The fourth-order valence-electron chi connectivity index (χ4n) is 2.67. The van der Waals surface area contributed by atoms with Gasteiger partial charge < -0.3 is 22.8 Å². The van der Waals surface area contributed by atoms with Crippen molar-refractivity contribution in [3.8, 4) is 23.0 Å². The van der Waals surface area contributed by atoms with E-state index in [1.807, 2.05) is 78.9 Å². The van der Waals surface area contributed by atoms with Crippen LogP contribution < -0.4 is 14.7 Å². The van der Waals surface area contributed by atoms with Crippen molar-refractivity contribution in [1.82, 2.24) is 0 Å². The molecule has 0 radical (unpaired) electrons. The summed E-state index contributed by atoms with van der Waals surface area (Å²) in [5.74, 6) is 2.97. The fourth-order valence-corrected chi connectivity index (χ4v) is 4.45. The number of ether oxygens (including phenoxy) is 2. The third-order valence-corrected chi connectivity index (χ3v) is 6.71. The van der Waals surface area contributed by atoms with E-state index < -0.39 is 8.80 Å². The Morgan fingerprint density at radius 1 is 0.481 bits per heavy atom. The summed E-state index contributed by atoms with van der Waals surface area (Å²) in [6.07, 6.45) is 0. The van der Waals surface area contributed by atoms with E-state index in [4.69, 9.17) is 22.8 Å². The van der Waals surface area contributed by atoms with Crippen molar-refractivity contribution in [3.63, 3.8) is 0 Å². The lowest BCUT2D eigenvalue weighted by Gasteiger charge is -2.24. The number of hydrogen-bond donors (Lipinski definition) is 0. The Kier molecular flexibility index (Phi) is 6.26. The largest absolute Gasteiger partial charge is 0.536 e. The zero-order valence-electron chi connectivity index (χ0n) is 15.5. The molecule has 0 fully saturated rings. The van der Waals surface area contributed by atoms with Gasteiger partial charge in [-0.3, -0.25) is 0 Å². The van der Waals surface area contributed by atoms with Gasteiger partial charge in [-0.05, 0) is 48.5 Å². The second kappa shape index (κ2) is 8.83. The average Bonchev–Trinajstić information content (AvgIpc) is 2.73. The van der Waals surface area contributed by atoms with Gasteiger partial charge in [0.2, 0.25) is 0 Å². The summed E-state index contributed by atoms with van der Waals surface area (Å²) < 4.78 is 28.1. The van der Waals surface area contributed by atoms with Crippen LogP contribution in [0, 0.1) is 0 Å². The van der Waals surface area contributed by atoms with Crippen LogP contribution in [-0.2, 0) is 13.3 Å². The van der Waals surface area contributed by atoms with Gasteiger partial charge in [0.15, 0.2) is 0 Å². The minimum Gasteiger partial charge on any atom is -0.457 e. The van der Waals surface area contributed by atoms with Crippen LogP contribution >= 0.6 is 0 Å². The van der Waals surface area contributed by atoms with Crippen molar-refractivity contribution in [2.75, 3.05) is 21.3 Å². The van der Waals surface area contributed by atoms with Crippen molar-refractivity contribution in [2.45, 2.75) is 0 Å². The van der Waals surface area contributed by atoms with Gasteiger partial charge in [-0.15, -0.1) is 0 Å². The molecule has 6 heteroatoms. The Labute approximate surface area is 160 Å². The van der Waals surface area contributed by atoms with Crippen molar-refractivity contribution in [2.24, 2.45) is 0 Å². The molecule has 0 unspecified atom stereocenters. The van der Waals surface area contributed by atoms with Crippen LogP contribution in [0.5, 0.6) is 23.0 Å². The molecule has 0 bridgehead atoms. The molecule has 0 amide bonds. The standard InChI is InChI=1S/C21H22O5Si/c1-22-27(23-2,24-3)21-15-13-20(14-16-21)26-19-11-9-18(10-12-19)25-17-7-5-4-6-8-17/h4-16H,1-3H3. The lowest BCUT2D eigenvalue weighted by molar-refractivity contribution is 0.140. The molecule has 0 heterocycles. The SMILES string of the molecule is CO[Si](OC)(OC)c1ccc(Oc2ccc(Oc3ccccc3)cc2)cc1. The third kappa shape index (κ3) is 4.56. The van der Waals surface area contributed by atoms with Gasteiger partial charge in [0, 0.05) is 26.5 Å². The summed E-state index contributed by atoms with van der Waals surface area (Å²) in [7, 11) is 1.93. The van der Waals surface area contributed by atoms with Crippen LogP contribution in [-0.4, -0.2) is 30.1 Å². The lowest BCUT2D eigenvalue weighted by Crippen LogP contribution is -2.54. The highest BCUT2D eigenvalue weighted by Crippen LogP contribution is 2.26. The van der Waals surface area contributed by atoms with E-state index in [2.05, 4.69) is 0 Å². The summed E-state index contributed by atoms with van der Waals surface area (Å²) >= 11 is 0. The summed E-state index contributed by atoms with van der Waals surface area (Å²) in [4.78, 5) is 0. The molecule has 140 valence electrons. The lowest BCUT2D eigenvalue weighted by atomic mass is 10.3. The minimum absolute atomic E-state index is 0.710. The number of benzene rings is 3. The normalized spacial score (nSPS) is 11.2. The molecule has 3 aromatic rings. The molecular formula is C21H22O5Si. The summed E-state index contributed by atoms with van der Waals surface area (Å²) in [6, 6.07) is 24.6. The predicted octanol–water partition coefficient (Wildman–Crippen LogP) is 4.36. The number of para-hydroxylation sites is 1. The molecule has 5 nitrogen and oxygen atoms in total. The van der Waals surface area contributed by atoms with E-state index in [0.717, 1.165) is 22.4 Å². The van der Waals surface area contributed by atoms with Crippen LogP contribution in [0.2, 0.25) is 0 Å². The maximum Gasteiger partial charge on any atom is 0.536 e. The first-order valence-electron chi connectivity index (χ1n) is 8.46. The highest BCUT2D eigenvalue weighted by Gasteiger charge is 2.40. The molecule has 0 spiro atoms. The molecular weight excluding hydrogens is 360 g/mol. The monoisotopic (exact) mass is 382 g/mol. The quantitative estimate of drug-likeness (QED) is 0.542. The molecule has 0 saturated heterocycles. The van der Waals surface area contributed by atoms with Crippen LogP contribution in [0.3, 0.4) is 0 Å². The molecule has 3 rings (SSSR count). The van der Waals surface area contributed by atoms with E-state index >= 15 is 0 Å². The first kappa shape index (κ1) is 19.1. The minimum atomic E-state index is -2.83. The smallest absolute Gasteiger partial charge is 0.457 e. The summed E-state index contributed by atoms with van der Waals surface area (Å²) in [6.45, 7) is 0. The van der Waals surface area contributed by atoms with Gasteiger partial charge in [0.1, 0.15) is 23.0 Å². The Morgan fingerprint density at radius 2 is 0.852 bits per heavy atom. The fraction of sp³-hybridized carbons (Fsp3) is 0.143. The van der Waals surface area contributed by atoms with E-state index in [-0.39, 0.29) is 0 Å². The van der Waals surface area contributed by atoms with Crippen LogP contribution in [0.15, 0.2) is 78.9 Å². The zero-order chi connectivity index (χ0) is 19.1. The van der Waals surface area contributed by atoms with Gasteiger partial charge in [0.05, 0.1) is 0 Å². The van der Waals surface area contributed by atoms with Gasteiger partial charge in [-0.2, -0.15) is 0 Å². The maximum absolute atomic E-state index is 5.89. The van der Waals surface area contributed by atoms with E-state index in [1.165, 1.54) is 0 Å². The first-order valence-corrected chi connectivity index (χ1v) is 10.2. The topological polar surface area (TPSA) is 46.2 Å². The summed E-state index contributed by atoms with van der Waals surface area (Å²) in [5.41, 5.74) is 0. The molecule has 0 aromatic heterocycles. The highest BCUT2D eigenvalue weighted by atomic mass is 28.4. The van der Waals surface area contributed by atoms with E-state index in [0.29, 0.717) is 5.75 Å². The Balaban J connectivity index is 1.67. The average molecular weight is 382 g/mol. The van der Waals surface area contributed by atoms with E-state index in [1.54, 1.807) is 21.3 Å². The third-order valence-electron chi connectivity index (χ3n) is 4.05. The Bertz CT molecular complexity index is 822.